The van der Waals surface area contributed by atoms with Gasteiger partial charge in [-0.3, -0.25) is 4.79 Å². The number of rotatable bonds is 3. The molecular weight excluding hydrogens is 233 g/mol. The van der Waals surface area contributed by atoms with Gasteiger partial charge in [0.2, 0.25) is 0 Å². The second-order valence-corrected chi connectivity index (χ2v) is 3.49. The molecule has 0 fully saturated rings. The van der Waals surface area contributed by atoms with Crippen LogP contribution in [0.15, 0.2) is 42.5 Å². The van der Waals surface area contributed by atoms with E-state index in [4.69, 9.17) is 10.00 Å². The number of para-hydroxylation sites is 2. The van der Waals surface area contributed by atoms with Crippen molar-refractivity contribution in [3.05, 3.63) is 59.4 Å². The molecule has 88 valence electrons. The first-order valence-corrected chi connectivity index (χ1v) is 5.17. The Morgan fingerprint density at radius 2 is 1.94 bits per heavy atom. The van der Waals surface area contributed by atoms with Gasteiger partial charge in [0.15, 0.2) is 17.9 Å². The monoisotopic (exact) mass is 241 g/mol. The molecule has 0 saturated carbocycles. The molecule has 0 atom stereocenters. The molecule has 0 aliphatic carbocycles. The molecule has 0 aliphatic heterocycles. The van der Waals surface area contributed by atoms with Gasteiger partial charge in [-0.1, -0.05) is 18.2 Å². The molecule has 0 heterocycles. The Morgan fingerprint density at radius 3 is 2.67 bits per heavy atom. The van der Waals surface area contributed by atoms with Crippen LogP contribution in [0.1, 0.15) is 15.9 Å². The lowest BCUT2D eigenvalue weighted by Crippen LogP contribution is -1.95. The third-order valence-electron chi connectivity index (χ3n) is 2.34. The minimum atomic E-state index is -0.646. The lowest BCUT2D eigenvalue weighted by Gasteiger charge is -2.09. The molecule has 18 heavy (non-hydrogen) atoms. The van der Waals surface area contributed by atoms with Crippen LogP contribution in [0, 0.1) is 17.1 Å². The summed E-state index contributed by atoms with van der Waals surface area (Å²) in [5, 5.41) is 8.90. The Bertz CT molecular complexity index is 632. The number of carbonyl (C=O) groups is 1. The number of nitrogens with zero attached hydrogens (tertiary/aromatic N) is 1. The van der Waals surface area contributed by atoms with E-state index in [-0.39, 0.29) is 22.6 Å². The number of hydrogen-bond acceptors (Lipinski definition) is 3. The van der Waals surface area contributed by atoms with Gasteiger partial charge in [-0.25, -0.2) is 4.39 Å². The lowest BCUT2D eigenvalue weighted by molar-refractivity contribution is 0.112. The number of nitriles is 1. The van der Waals surface area contributed by atoms with Gasteiger partial charge < -0.3 is 4.74 Å². The van der Waals surface area contributed by atoms with Crippen molar-refractivity contribution in [1.82, 2.24) is 0 Å². The van der Waals surface area contributed by atoms with Crippen LogP contribution < -0.4 is 4.74 Å². The van der Waals surface area contributed by atoms with E-state index in [0.717, 1.165) is 0 Å². The molecule has 3 nitrogen and oxygen atoms in total. The first-order valence-electron chi connectivity index (χ1n) is 5.17. The van der Waals surface area contributed by atoms with Crippen LogP contribution in [0.2, 0.25) is 0 Å². The maximum Gasteiger partial charge on any atom is 0.173 e. The van der Waals surface area contributed by atoms with Crippen LogP contribution in [-0.2, 0) is 0 Å². The summed E-state index contributed by atoms with van der Waals surface area (Å²) in [6.45, 7) is 0. The smallest absolute Gasteiger partial charge is 0.173 e. The Labute approximate surface area is 103 Å². The summed E-state index contributed by atoms with van der Waals surface area (Å²) in [5.41, 5.74) is 0.375. The quantitative estimate of drug-likeness (QED) is 0.774. The average molecular weight is 241 g/mol. The molecule has 0 unspecified atom stereocenters. The summed E-state index contributed by atoms with van der Waals surface area (Å²) in [6, 6.07) is 12.4. The topological polar surface area (TPSA) is 50.1 Å². The maximum atomic E-state index is 13.6. The first-order chi connectivity index (χ1) is 8.76. The van der Waals surface area contributed by atoms with E-state index in [9.17, 15) is 9.18 Å². The van der Waals surface area contributed by atoms with Crippen molar-refractivity contribution in [1.29, 1.82) is 5.26 Å². The Morgan fingerprint density at radius 1 is 1.17 bits per heavy atom. The predicted molar refractivity (Wildman–Crippen MR) is 63.0 cm³/mol. The molecule has 0 aromatic heterocycles. The van der Waals surface area contributed by atoms with Crippen LogP contribution >= 0.6 is 0 Å². The highest BCUT2D eigenvalue weighted by Gasteiger charge is 2.12. The Hall–Kier alpha value is -2.67. The summed E-state index contributed by atoms with van der Waals surface area (Å²) >= 11 is 0. The van der Waals surface area contributed by atoms with Crippen molar-refractivity contribution in [3.63, 3.8) is 0 Å². The highest BCUT2D eigenvalue weighted by molar-refractivity contribution is 5.79. The SMILES string of the molecule is N#Cc1ccccc1Oc1c(F)cccc1C=O. The van der Waals surface area contributed by atoms with E-state index < -0.39 is 5.82 Å². The molecule has 0 aliphatic rings. The summed E-state index contributed by atoms with van der Waals surface area (Å²) in [6.07, 6.45) is 0.507. The van der Waals surface area contributed by atoms with Gasteiger partial charge in [0.1, 0.15) is 11.8 Å². The number of aldehydes is 1. The van der Waals surface area contributed by atoms with E-state index in [1.54, 1.807) is 24.3 Å². The summed E-state index contributed by atoms with van der Waals surface area (Å²) < 4.78 is 18.9. The number of benzene rings is 2. The molecule has 4 heteroatoms. The molecular formula is C14H8FNO2. The molecule has 2 rings (SSSR count). The highest BCUT2D eigenvalue weighted by atomic mass is 19.1. The summed E-state index contributed by atoms with van der Waals surface area (Å²) in [4.78, 5) is 10.8. The molecule has 2 aromatic carbocycles. The zero-order valence-corrected chi connectivity index (χ0v) is 9.26. The van der Waals surface area contributed by atoms with Crippen molar-refractivity contribution in [2.75, 3.05) is 0 Å². The minimum Gasteiger partial charge on any atom is -0.452 e. The third kappa shape index (κ3) is 2.20. The van der Waals surface area contributed by atoms with Gasteiger partial charge in [-0.15, -0.1) is 0 Å². The highest BCUT2D eigenvalue weighted by Crippen LogP contribution is 2.29. The van der Waals surface area contributed by atoms with Gasteiger partial charge in [-0.2, -0.15) is 5.26 Å². The zero-order valence-electron chi connectivity index (χ0n) is 9.26. The van der Waals surface area contributed by atoms with Crippen molar-refractivity contribution in [2.24, 2.45) is 0 Å². The fourth-order valence-corrected chi connectivity index (χ4v) is 1.48. The van der Waals surface area contributed by atoms with Crippen LogP contribution in [0.5, 0.6) is 11.5 Å². The minimum absolute atomic E-state index is 0.0998. The van der Waals surface area contributed by atoms with E-state index in [0.29, 0.717) is 6.29 Å². The van der Waals surface area contributed by atoms with Crippen LogP contribution in [0.25, 0.3) is 0 Å². The first kappa shape index (κ1) is 11.8. The maximum absolute atomic E-state index is 13.6. The van der Waals surface area contributed by atoms with Crippen molar-refractivity contribution >= 4 is 6.29 Å². The van der Waals surface area contributed by atoms with Gasteiger partial charge in [0.05, 0.1) is 11.1 Å². The van der Waals surface area contributed by atoms with E-state index in [1.807, 2.05) is 6.07 Å². The molecule has 0 amide bonds. The van der Waals surface area contributed by atoms with Gasteiger partial charge in [0.25, 0.3) is 0 Å². The van der Waals surface area contributed by atoms with Crippen molar-refractivity contribution in [3.8, 4) is 17.6 Å². The Balaban J connectivity index is 2.47. The number of halogens is 1. The Kier molecular flexibility index (Phi) is 3.35. The number of ether oxygens (including phenoxy) is 1. The third-order valence-corrected chi connectivity index (χ3v) is 2.34. The molecule has 0 bridgehead atoms. The largest absolute Gasteiger partial charge is 0.452 e. The van der Waals surface area contributed by atoms with Crippen molar-refractivity contribution < 1.29 is 13.9 Å². The molecule has 0 N–H and O–H groups in total. The fraction of sp³-hybridized carbons (Fsp3) is 0. The van der Waals surface area contributed by atoms with Gasteiger partial charge in [0, 0.05) is 0 Å². The summed E-state index contributed by atoms with van der Waals surface area (Å²) in [5.74, 6) is -0.601. The van der Waals surface area contributed by atoms with Crippen LogP contribution in [0.3, 0.4) is 0 Å². The fourth-order valence-electron chi connectivity index (χ4n) is 1.48. The van der Waals surface area contributed by atoms with Crippen molar-refractivity contribution in [2.45, 2.75) is 0 Å². The average Bonchev–Trinajstić information content (AvgIpc) is 2.41. The normalized spacial score (nSPS) is 9.56. The number of carbonyl (C=O) groups excluding carboxylic acids is 1. The summed E-state index contributed by atoms with van der Waals surface area (Å²) in [7, 11) is 0. The molecule has 2 aromatic rings. The van der Waals surface area contributed by atoms with E-state index in [2.05, 4.69) is 0 Å². The second kappa shape index (κ2) is 5.11. The number of hydrogen-bond donors (Lipinski definition) is 0. The van der Waals surface area contributed by atoms with Gasteiger partial charge >= 0.3 is 0 Å². The van der Waals surface area contributed by atoms with Crippen LogP contribution in [0.4, 0.5) is 4.39 Å². The second-order valence-electron chi connectivity index (χ2n) is 3.49. The van der Waals surface area contributed by atoms with E-state index in [1.165, 1.54) is 18.2 Å². The standard InChI is InChI=1S/C14H8FNO2/c15-12-6-3-5-11(9-17)14(12)18-13-7-2-1-4-10(13)8-16/h1-7,9H. The predicted octanol–water partition coefficient (Wildman–Crippen LogP) is 3.30. The zero-order chi connectivity index (χ0) is 13.0. The molecule has 0 radical (unpaired) electrons. The van der Waals surface area contributed by atoms with Crippen LogP contribution in [-0.4, -0.2) is 6.29 Å². The van der Waals surface area contributed by atoms with Gasteiger partial charge in [-0.05, 0) is 24.3 Å². The van der Waals surface area contributed by atoms with E-state index >= 15 is 0 Å². The molecule has 0 spiro atoms. The molecule has 0 saturated heterocycles. The lowest BCUT2D eigenvalue weighted by atomic mass is 10.2.